The van der Waals surface area contributed by atoms with Crippen LogP contribution in [0.2, 0.25) is 0 Å². The smallest absolute Gasteiger partial charge is 0.303 e. The fourth-order valence-electron chi connectivity index (χ4n) is 2.58. The Hall–Kier alpha value is -1.71. The molecule has 0 bridgehead atoms. The van der Waals surface area contributed by atoms with Gasteiger partial charge < -0.3 is 28.8 Å². The van der Waals surface area contributed by atoms with Gasteiger partial charge in [-0.05, 0) is 6.42 Å². The highest BCUT2D eigenvalue weighted by atomic mass is 16.7. The first kappa shape index (κ1) is 22.3. The summed E-state index contributed by atoms with van der Waals surface area (Å²) >= 11 is 0. The van der Waals surface area contributed by atoms with Crippen LogP contribution < -0.4 is 0 Å². The van der Waals surface area contributed by atoms with Crippen LogP contribution in [0.5, 0.6) is 0 Å². The maximum atomic E-state index is 11.4. The third-order valence-electron chi connectivity index (χ3n) is 3.70. The number of rotatable bonds is 9. The summed E-state index contributed by atoms with van der Waals surface area (Å²) in [6.07, 6.45) is -3.05. The number of hydrogen-bond donors (Lipinski definition) is 1. The first-order valence-electron chi connectivity index (χ1n) is 8.69. The van der Waals surface area contributed by atoms with Crippen molar-refractivity contribution in [1.29, 1.82) is 0 Å². The molecule has 1 fully saturated rings. The van der Waals surface area contributed by atoms with Crippen LogP contribution in [-0.2, 0) is 38.1 Å². The van der Waals surface area contributed by atoms with Crippen molar-refractivity contribution in [2.75, 3.05) is 13.2 Å². The lowest BCUT2D eigenvalue weighted by molar-refractivity contribution is -0.305. The van der Waals surface area contributed by atoms with Crippen LogP contribution in [0.1, 0.15) is 47.0 Å². The molecule has 0 radical (unpaired) electrons. The molecule has 0 spiro atoms. The van der Waals surface area contributed by atoms with Gasteiger partial charge in [-0.1, -0.05) is 19.8 Å². The zero-order chi connectivity index (χ0) is 19.7. The van der Waals surface area contributed by atoms with Crippen LogP contribution in [0.4, 0.5) is 0 Å². The average Bonchev–Trinajstić information content (AvgIpc) is 2.54. The summed E-state index contributed by atoms with van der Waals surface area (Å²) in [6.45, 7) is 5.70. The van der Waals surface area contributed by atoms with E-state index in [1.54, 1.807) is 0 Å². The van der Waals surface area contributed by atoms with Crippen molar-refractivity contribution in [3.05, 3.63) is 0 Å². The van der Waals surface area contributed by atoms with Crippen LogP contribution in [-0.4, -0.2) is 66.9 Å². The van der Waals surface area contributed by atoms with Crippen molar-refractivity contribution < 1.29 is 43.2 Å². The number of aliphatic hydroxyl groups excluding tert-OH is 1. The van der Waals surface area contributed by atoms with Crippen LogP contribution >= 0.6 is 0 Å². The zero-order valence-electron chi connectivity index (χ0n) is 15.6. The summed E-state index contributed by atoms with van der Waals surface area (Å²) < 4.78 is 26.4. The van der Waals surface area contributed by atoms with E-state index >= 15 is 0 Å². The molecular weight excluding hydrogens is 348 g/mol. The van der Waals surface area contributed by atoms with E-state index in [0.29, 0.717) is 6.61 Å². The number of ether oxygens (including phenoxy) is 5. The summed E-state index contributed by atoms with van der Waals surface area (Å²) in [5, 5.41) is 10.5. The van der Waals surface area contributed by atoms with Crippen molar-refractivity contribution in [3.8, 4) is 0 Å². The largest absolute Gasteiger partial charge is 0.463 e. The SMILES string of the molecule is CCCCCOC1OC(COC(C)=O)C(OC(C)=O)C(OC(C)=O)C1O. The first-order chi connectivity index (χ1) is 12.3. The number of carbonyl (C=O) groups is 3. The highest BCUT2D eigenvalue weighted by Gasteiger charge is 2.50. The molecular formula is C17H28O9. The second kappa shape index (κ2) is 11.1. The Morgan fingerprint density at radius 3 is 2.12 bits per heavy atom. The maximum Gasteiger partial charge on any atom is 0.303 e. The highest BCUT2D eigenvalue weighted by molar-refractivity contribution is 5.67. The van der Waals surface area contributed by atoms with Gasteiger partial charge in [0.05, 0.1) is 0 Å². The summed E-state index contributed by atoms with van der Waals surface area (Å²) in [5.41, 5.74) is 0. The molecule has 1 N–H and O–H groups in total. The molecule has 9 heteroatoms. The lowest BCUT2D eigenvalue weighted by Crippen LogP contribution is -2.61. The lowest BCUT2D eigenvalue weighted by Gasteiger charge is -2.42. The number of carbonyl (C=O) groups excluding carboxylic acids is 3. The highest BCUT2D eigenvalue weighted by Crippen LogP contribution is 2.27. The lowest BCUT2D eigenvalue weighted by atomic mass is 9.98. The third kappa shape index (κ3) is 7.27. The fraction of sp³-hybridized carbons (Fsp3) is 0.824. The van der Waals surface area contributed by atoms with Crippen molar-refractivity contribution in [2.24, 2.45) is 0 Å². The van der Waals surface area contributed by atoms with Gasteiger partial charge in [-0.25, -0.2) is 0 Å². The van der Waals surface area contributed by atoms with E-state index < -0.39 is 48.6 Å². The molecule has 1 saturated heterocycles. The number of esters is 3. The van der Waals surface area contributed by atoms with Gasteiger partial charge in [0.25, 0.3) is 0 Å². The van der Waals surface area contributed by atoms with E-state index in [2.05, 4.69) is 0 Å². The molecule has 0 aliphatic carbocycles. The third-order valence-corrected chi connectivity index (χ3v) is 3.70. The molecule has 5 unspecified atom stereocenters. The van der Waals surface area contributed by atoms with E-state index in [1.807, 2.05) is 6.92 Å². The molecule has 9 nitrogen and oxygen atoms in total. The first-order valence-corrected chi connectivity index (χ1v) is 8.69. The molecule has 5 atom stereocenters. The summed E-state index contributed by atoms with van der Waals surface area (Å²) in [5.74, 6) is -1.87. The van der Waals surface area contributed by atoms with E-state index in [9.17, 15) is 19.5 Å². The Bertz CT molecular complexity index is 479. The summed E-state index contributed by atoms with van der Waals surface area (Å²) in [7, 11) is 0. The molecule has 0 aromatic rings. The van der Waals surface area contributed by atoms with E-state index in [0.717, 1.165) is 19.3 Å². The van der Waals surface area contributed by atoms with Crippen molar-refractivity contribution in [2.45, 2.75) is 77.7 Å². The van der Waals surface area contributed by atoms with Gasteiger partial charge in [-0.3, -0.25) is 14.4 Å². The Morgan fingerprint density at radius 2 is 1.58 bits per heavy atom. The molecule has 1 aliphatic rings. The van der Waals surface area contributed by atoms with E-state index in [4.69, 9.17) is 23.7 Å². The Labute approximate surface area is 152 Å². The topological polar surface area (TPSA) is 118 Å². The predicted octanol–water partition coefficient (Wildman–Crippen LogP) is 0.706. The van der Waals surface area contributed by atoms with E-state index in [1.165, 1.54) is 20.8 Å². The van der Waals surface area contributed by atoms with Gasteiger partial charge in [-0.15, -0.1) is 0 Å². The molecule has 0 amide bonds. The molecule has 0 saturated carbocycles. The Morgan fingerprint density at radius 1 is 0.962 bits per heavy atom. The molecule has 0 aromatic heterocycles. The van der Waals surface area contributed by atoms with Gasteiger partial charge in [-0.2, -0.15) is 0 Å². The van der Waals surface area contributed by atoms with Gasteiger partial charge in [0.2, 0.25) is 0 Å². The fourth-order valence-corrected chi connectivity index (χ4v) is 2.58. The predicted molar refractivity (Wildman–Crippen MR) is 87.9 cm³/mol. The van der Waals surface area contributed by atoms with Crippen LogP contribution in [0.3, 0.4) is 0 Å². The van der Waals surface area contributed by atoms with Crippen molar-refractivity contribution >= 4 is 17.9 Å². The van der Waals surface area contributed by atoms with Gasteiger partial charge in [0, 0.05) is 27.4 Å². The summed E-state index contributed by atoms with van der Waals surface area (Å²) in [4.78, 5) is 34.0. The standard InChI is InChI=1S/C17H28O9/c1-5-6-7-8-22-17-14(21)16(25-12(4)20)15(24-11(3)19)13(26-17)9-23-10(2)18/h13-17,21H,5-9H2,1-4H3. The van der Waals surface area contributed by atoms with Crippen LogP contribution in [0.15, 0.2) is 0 Å². The second-order valence-electron chi connectivity index (χ2n) is 6.06. The van der Waals surface area contributed by atoms with Gasteiger partial charge in [0.1, 0.15) is 18.8 Å². The molecule has 0 aromatic carbocycles. The molecule has 1 heterocycles. The minimum Gasteiger partial charge on any atom is -0.463 e. The van der Waals surface area contributed by atoms with E-state index in [-0.39, 0.29) is 6.61 Å². The normalized spacial score (nSPS) is 28.3. The zero-order valence-corrected chi connectivity index (χ0v) is 15.6. The minimum absolute atomic E-state index is 0.243. The number of unbranched alkanes of at least 4 members (excludes halogenated alkanes) is 2. The molecule has 26 heavy (non-hydrogen) atoms. The van der Waals surface area contributed by atoms with Crippen molar-refractivity contribution in [3.63, 3.8) is 0 Å². The molecule has 150 valence electrons. The number of hydrogen-bond acceptors (Lipinski definition) is 9. The molecule has 1 aliphatic heterocycles. The quantitative estimate of drug-likeness (QED) is 0.352. The van der Waals surface area contributed by atoms with Gasteiger partial charge in [0.15, 0.2) is 18.5 Å². The van der Waals surface area contributed by atoms with Crippen LogP contribution in [0, 0.1) is 0 Å². The van der Waals surface area contributed by atoms with Crippen molar-refractivity contribution in [1.82, 2.24) is 0 Å². The minimum atomic E-state index is -1.36. The number of aliphatic hydroxyl groups is 1. The Balaban J connectivity index is 2.94. The van der Waals surface area contributed by atoms with Crippen LogP contribution in [0.25, 0.3) is 0 Å². The Kier molecular flexibility index (Phi) is 9.53. The monoisotopic (exact) mass is 376 g/mol. The maximum absolute atomic E-state index is 11.4. The van der Waals surface area contributed by atoms with Gasteiger partial charge >= 0.3 is 17.9 Å². The summed E-state index contributed by atoms with van der Waals surface area (Å²) in [6, 6.07) is 0. The second-order valence-corrected chi connectivity index (χ2v) is 6.06. The molecule has 1 rings (SSSR count). The average molecular weight is 376 g/mol.